The first-order chi connectivity index (χ1) is 15.3. The number of fused-ring (bicyclic) bond motifs is 1. The van der Waals surface area contributed by atoms with Gasteiger partial charge >= 0.3 is 0 Å². The number of rotatable bonds is 5. The standard InChI is InChI=1S/C23H27N3O4S2/c1-4-30-18-7-10-20-21(15-18)31-23(25(20)3)24-22(27)17-5-8-19(9-6-17)32(28,29)26-13-11-16(2)12-14-26/h5-10,15-16H,4,11-14H2,1-3H3. The molecule has 2 heterocycles. The monoisotopic (exact) mass is 473 g/mol. The van der Waals surface area contributed by atoms with Gasteiger partial charge in [0.1, 0.15) is 5.75 Å². The van der Waals surface area contributed by atoms with Gasteiger partial charge in [0.25, 0.3) is 5.91 Å². The molecule has 0 saturated carbocycles. The van der Waals surface area contributed by atoms with Crippen LogP contribution in [0.2, 0.25) is 0 Å². The van der Waals surface area contributed by atoms with Gasteiger partial charge in [0.2, 0.25) is 10.0 Å². The van der Waals surface area contributed by atoms with Crippen LogP contribution in [-0.2, 0) is 17.1 Å². The predicted molar refractivity (Wildman–Crippen MR) is 125 cm³/mol. The van der Waals surface area contributed by atoms with Gasteiger partial charge in [-0.15, -0.1) is 0 Å². The second kappa shape index (κ2) is 9.17. The molecular weight excluding hydrogens is 446 g/mol. The van der Waals surface area contributed by atoms with Crippen LogP contribution in [0.15, 0.2) is 52.4 Å². The molecule has 1 amide bonds. The summed E-state index contributed by atoms with van der Waals surface area (Å²) >= 11 is 1.41. The summed E-state index contributed by atoms with van der Waals surface area (Å²) in [4.78, 5) is 17.8. The van der Waals surface area contributed by atoms with E-state index in [-0.39, 0.29) is 4.90 Å². The fraction of sp³-hybridized carbons (Fsp3) is 0.391. The average Bonchev–Trinajstić information content (AvgIpc) is 3.09. The van der Waals surface area contributed by atoms with E-state index in [4.69, 9.17) is 4.74 Å². The van der Waals surface area contributed by atoms with Gasteiger partial charge in [0, 0.05) is 25.7 Å². The predicted octanol–water partition coefficient (Wildman–Crippen LogP) is 3.80. The van der Waals surface area contributed by atoms with Crippen molar-refractivity contribution in [3.05, 3.63) is 52.8 Å². The van der Waals surface area contributed by atoms with Crippen molar-refractivity contribution in [3.8, 4) is 5.75 Å². The summed E-state index contributed by atoms with van der Waals surface area (Å²) in [5, 5.41) is 0. The molecule has 0 radical (unpaired) electrons. The van der Waals surface area contributed by atoms with Crippen molar-refractivity contribution in [1.29, 1.82) is 0 Å². The number of thiazole rings is 1. The molecule has 0 unspecified atom stereocenters. The molecule has 1 aliphatic rings. The van der Waals surface area contributed by atoms with E-state index in [1.165, 1.54) is 39.9 Å². The van der Waals surface area contributed by atoms with Gasteiger partial charge < -0.3 is 9.30 Å². The molecule has 0 atom stereocenters. The summed E-state index contributed by atoms with van der Waals surface area (Å²) in [6, 6.07) is 11.8. The van der Waals surface area contributed by atoms with Crippen molar-refractivity contribution in [2.75, 3.05) is 19.7 Å². The zero-order valence-corrected chi connectivity index (χ0v) is 20.1. The topological polar surface area (TPSA) is 81.0 Å². The second-order valence-corrected chi connectivity index (χ2v) is 11.0. The molecule has 0 bridgehead atoms. The van der Waals surface area contributed by atoms with Crippen molar-refractivity contribution in [3.63, 3.8) is 0 Å². The number of hydrogen-bond donors (Lipinski definition) is 0. The smallest absolute Gasteiger partial charge is 0.279 e. The number of hydrogen-bond acceptors (Lipinski definition) is 5. The highest BCUT2D eigenvalue weighted by molar-refractivity contribution is 7.89. The van der Waals surface area contributed by atoms with E-state index in [1.807, 2.05) is 36.7 Å². The molecule has 1 aromatic heterocycles. The summed E-state index contributed by atoms with van der Waals surface area (Å²) in [6.07, 6.45) is 1.74. The lowest BCUT2D eigenvalue weighted by atomic mass is 10.0. The number of carbonyl (C=O) groups is 1. The number of benzene rings is 2. The van der Waals surface area contributed by atoms with E-state index in [1.54, 1.807) is 0 Å². The molecule has 32 heavy (non-hydrogen) atoms. The molecule has 0 spiro atoms. The Bertz CT molecular complexity index is 1300. The molecule has 7 nitrogen and oxygen atoms in total. The summed E-state index contributed by atoms with van der Waals surface area (Å²) in [7, 11) is -1.68. The van der Waals surface area contributed by atoms with Crippen molar-refractivity contribution >= 4 is 37.5 Å². The number of sulfonamides is 1. The molecule has 1 fully saturated rings. The molecule has 3 aromatic rings. The zero-order valence-electron chi connectivity index (χ0n) is 18.4. The van der Waals surface area contributed by atoms with Gasteiger partial charge in [0.15, 0.2) is 4.80 Å². The van der Waals surface area contributed by atoms with Gasteiger partial charge in [-0.2, -0.15) is 9.30 Å². The van der Waals surface area contributed by atoms with E-state index in [0.29, 0.717) is 36.0 Å². The molecule has 0 aliphatic carbocycles. The lowest BCUT2D eigenvalue weighted by Crippen LogP contribution is -2.37. The third-order valence-corrected chi connectivity index (χ3v) is 8.78. The highest BCUT2D eigenvalue weighted by Crippen LogP contribution is 2.24. The lowest BCUT2D eigenvalue weighted by molar-refractivity contribution is 0.0998. The molecule has 2 aromatic carbocycles. The molecule has 9 heteroatoms. The average molecular weight is 474 g/mol. The number of nitrogens with zero attached hydrogens (tertiary/aromatic N) is 3. The van der Waals surface area contributed by atoms with Crippen molar-refractivity contribution in [2.45, 2.75) is 31.6 Å². The fourth-order valence-corrected chi connectivity index (χ4v) is 6.29. The van der Waals surface area contributed by atoms with E-state index in [9.17, 15) is 13.2 Å². The maximum atomic E-state index is 12.9. The Morgan fingerprint density at radius 1 is 1.16 bits per heavy atom. The van der Waals surface area contributed by atoms with Crippen LogP contribution < -0.4 is 9.54 Å². The summed E-state index contributed by atoms with van der Waals surface area (Å²) in [5.41, 5.74) is 1.31. The molecule has 170 valence electrons. The highest BCUT2D eigenvalue weighted by atomic mass is 32.2. The van der Waals surface area contributed by atoms with Crippen LogP contribution in [0, 0.1) is 5.92 Å². The summed E-state index contributed by atoms with van der Waals surface area (Å²) in [6.45, 7) is 5.73. The van der Waals surface area contributed by atoms with Gasteiger partial charge in [-0.05, 0) is 68.1 Å². The Labute approximate surface area is 192 Å². The SMILES string of the molecule is CCOc1ccc2c(c1)sc(=NC(=O)c1ccc(S(=O)(=O)N3CCC(C)CC3)cc1)n2C. The second-order valence-electron chi connectivity index (χ2n) is 8.03. The lowest BCUT2D eigenvalue weighted by Gasteiger charge is -2.29. The van der Waals surface area contributed by atoms with Crippen LogP contribution in [0.25, 0.3) is 10.2 Å². The van der Waals surface area contributed by atoms with E-state index >= 15 is 0 Å². The number of ether oxygens (including phenoxy) is 1. The Hall–Kier alpha value is -2.49. The number of amides is 1. The molecule has 1 saturated heterocycles. The maximum absolute atomic E-state index is 12.9. The van der Waals surface area contributed by atoms with Crippen LogP contribution in [0.4, 0.5) is 0 Å². The third kappa shape index (κ3) is 4.51. The van der Waals surface area contributed by atoms with Crippen LogP contribution in [0.3, 0.4) is 0 Å². The van der Waals surface area contributed by atoms with Crippen LogP contribution in [0.1, 0.15) is 37.0 Å². The number of piperidine rings is 1. The minimum absolute atomic E-state index is 0.208. The van der Waals surface area contributed by atoms with Crippen molar-refractivity contribution < 1.29 is 17.9 Å². The number of aryl methyl sites for hydroxylation is 1. The first-order valence-corrected chi connectivity index (χ1v) is 13.0. The van der Waals surface area contributed by atoms with Gasteiger partial charge in [0.05, 0.1) is 21.7 Å². The first-order valence-electron chi connectivity index (χ1n) is 10.7. The Morgan fingerprint density at radius 3 is 2.50 bits per heavy atom. The van der Waals surface area contributed by atoms with Crippen molar-refractivity contribution in [2.24, 2.45) is 18.0 Å². The number of carbonyl (C=O) groups excluding carboxylic acids is 1. The van der Waals surface area contributed by atoms with Gasteiger partial charge in [-0.1, -0.05) is 18.3 Å². The van der Waals surface area contributed by atoms with E-state index in [2.05, 4.69) is 11.9 Å². The maximum Gasteiger partial charge on any atom is 0.279 e. The van der Waals surface area contributed by atoms with Crippen LogP contribution in [0.5, 0.6) is 5.75 Å². The summed E-state index contributed by atoms with van der Waals surface area (Å²) < 4.78 is 35.7. The van der Waals surface area contributed by atoms with Gasteiger partial charge in [-0.25, -0.2) is 8.42 Å². The highest BCUT2D eigenvalue weighted by Gasteiger charge is 2.28. The van der Waals surface area contributed by atoms with Crippen molar-refractivity contribution in [1.82, 2.24) is 8.87 Å². The van der Waals surface area contributed by atoms with Crippen LogP contribution >= 0.6 is 11.3 Å². The zero-order chi connectivity index (χ0) is 22.9. The van der Waals surface area contributed by atoms with E-state index in [0.717, 1.165) is 28.8 Å². The molecule has 4 rings (SSSR count). The summed E-state index contributed by atoms with van der Waals surface area (Å²) in [5.74, 6) is 0.914. The Balaban J connectivity index is 1.58. The van der Waals surface area contributed by atoms with Gasteiger partial charge in [-0.3, -0.25) is 4.79 Å². The Kier molecular flexibility index (Phi) is 6.50. The quantitative estimate of drug-likeness (QED) is 0.565. The van der Waals surface area contributed by atoms with E-state index < -0.39 is 15.9 Å². The van der Waals surface area contributed by atoms with Crippen LogP contribution in [-0.4, -0.2) is 42.9 Å². The largest absolute Gasteiger partial charge is 0.494 e. The number of aromatic nitrogens is 1. The minimum atomic E-state index is -3.54. The molecule has 0 N–H and O–H groups in total. The Morgan fingerprint density at radius 2 is 1.84 bits per heavy atom. The normalized spacial score (nSPS) is 16.5. The first kappa shape index (κ1) is 22.7. The molecular formula is C23H27N3O4S2. The molecule has 1 aliphatic heterocycles. The third-order valence-electron chi connectivity index (χ3n) is 5.77. The minimum Gasteiger partial charge on any atom is -0.494 e. The fourth-order valence-electron chi connectivity index (χ4n) is 3.77.